The molecule has 0 radical (unpaired) electrons. The molecule has 1 N–H and O–H groups in total. The largest absolute Gasteiger partial charge is 0.383 e. The lowest BCUT2D eigenvalue weighted by Crippen LogP contribution is -2.45. The molecule has 1 unspecified atom stereocenters. The van der Waals surface area contributed by atoms with Crippen molar-refractivity contribution in [2.75, 3.05) is 26.2 Å². The number of aliphatic hydroxyl groups is 1. The van der Waals surface area contributed by atoms with Crippen LogP contribution in [0.1, 0.15) is 68.0 Å². The van der Waals surface area contributed by atoms with E-state index >= 15 is 0 Å². The van der Waals surface area contributed by atoms with E-state index in [1.165, 1.54) is 11.0 Å². The van der Waals surface area contributed by atoms with Crippen LogP contribution in [0.4, 0.5) is 0 Å². The lowest BCUT2D eigenvalue weighted by Gasteiger charge is -2.38. The number of nitrogens with zero attached hydrogens (tertiary/aromatic N) is 3. The van der Waals surface area contributed by atoms with Gasteiger partial charge in [-0.1, -0.05) is 6.07 Å². The summed E-state index contributed by atoms with van der Waals surface area (Å²) < 4.78 is 5.58. The van der Waals surface area contributed by atoms with Gasteiger partial charge in [-0.2, -0.15) is 0 Å². The second-order valence-electron chi connectivity index (χ2n) is 9.11. The zero-order valence-electron chi connectivity index (χ0n) is 18.6. The average Bonchev–Trinajstić information content (AvgIpc) is 3.42. The molecule has 4 heterocycles. The Morgan fingerprint density at radius 3 is 2.64 bits per heavy atom. The topological polar surface area (TPSA) is 100 Å². The van der Waals surface area contributed by atoms with Gasteiger partial charge in [-0.25, -0.2) is 0 Å². The third-order valence-corrected chi connectivity index (χ3v) is 6.96. The predicted octanol–water partition coefficient (Wildman–Crippen LogP) is 2.29. The van der Waals surface area contributed by atoms with Gasteiger partial charge in [0.25, 0.3) is 17.7 Å². The summed E-state index contributed by atoms with van der Waals surface area (Å²) in [5, 5.41) is 11.1. The maximum Gasteiger partial charge on any atom is 0.261 e. The van der Waals surface area contributed by atoms with Crippen LogP contribution in [-0.2, 0) is 10.3 Å². The van der Waals surface area contributed by atoms with Crippen LogP contribution in [0, 0.1) is 6.92 Å². The zero-order valence-corrected chi connectivity index (χ0v) is 18.6. The van der Waals surface area contributed by atoms with E-state index in [1.807, 2.05) is 19.1 Å². The number of rotatable bonds is 4. The normalized spacial score (nSPS) is 22.1. The quantitative estimate of drug-likeness (QED) is 0.719. The summed E-state index contributed by atoms with van der Waals surface area (Å²) in [6.45, 7) is 3.56. The van der Waals surface area contributed by atoms with Crippen molar-refractivity contribution in [2.45, 2.75) is 44.3 Å². The van der Waals surface area contributed by atoms with Gasteiger partial charge in [-0.3, -0.25) is 24.3 Å². The number of benzene rings is 1. The first-order valence-electron chi connectivity index (χ1n) is 11.4. The molecule has 8 nitrogen and oxygen atoms in total. The number of ether oxygens (including phenoxy) is 1. The van der Waals surface area contributed by atoms with E-state index in [1.54, 1.807) is 23.2 Å². The van der Waals surface area contributed by atoms with Crippen molar-refractivity contribution in [3.05, 3.63) is 64.5 Å². The summed E-state index contributed by atoms with van der Waals surface area (Å²) in [5.74, 6) is -0.924. The molecule has 2 aromatic rings. The van der Waals surface area contributed by atoms with Crippen LogP contribution in [-0.4, -0.2) is 70.0 Å². The molecule has 0 saturated carbocycles. The third kappa shape index (κ3) is 3.83. The van der Waals surface area contributed by atoms with E-state index in [0.29, 0.717) is 49.4 Å². The highest BCUT2D eigenvalue weighted by atomic mass is 16.5. The van der Waals surface area contributed by atoms with E-state index in [4.69, 9.17) is 4.74 Å². The molecule has 3 aliphatic heterocycles. The molecule has 5 rings (SSSR count). The summed E-state index contributed by atoms with van der Waals surface area (Å²) in [4.78, 5) is 46.1. The number of hydrogen-bond acceptors (Lipinski definition) is 6. The Labute approximate surface area is 192 Å². The number of fused-ring (bicyclic) bond motifs is 1. The number of imide groups is 1. The Kier molecular flexibility index (Phi) is 5.50. The SMILES string of the molecule is Cc1cccnc1C1(O)CCN(C(=O)c2ccc3c(c2)C(=O)N(CC2CCCO2)C3=O)CC1. The minimum atomic E-state index is -1.06. The lowest BCUT2D eigenvalue weighted by molar-refractivity contribution is -0.0248. The predicted molar refractivity (Wildman–Crippen MR) is 119 cm³/mol. The highest BCUT2D eigenvalue weighted by Crippen LogP contribution is 2.34. The number of carbonyl (C=O) groups excluding carboxylic acids is 3. The molecule has 8 heteroatoms. The minimum absolute atomic E-state index is 0.122. The van der Waals surface area contributed by atoms with Crippen molar-refractivity contribution in [1.82, 2.24) is 14.8 Å². The van der Waals surface area contributed by atoms with E-state index in [2.05, 4.69) is 4.98 Å². The molecule has 33 heavy (non-hydrogen) atoms. The summed E-state index contributed by atoms with van der Waals surface area (Å²) in [6.07, 6.45) is 4.07. The van der Waals surface area contributed by atoms with E-state index < -0.39 is 5.60 Å². The third-order valence-electron chi connectivity index (χ3n) is 6.96. The minimum Gasteiger partial charge on any atom is -0.383 e. The van der Waals surface area contributed by atoms with Gasteiger partial charge >= 0.3 is 0 Å². The summed E-state index contributed by atoms with van der Waals surface area (Å²) in [7, 11) is 0. The van der Waals surface area contributed by atoms with E-state index in [-0.39, 0.29) is 35.9 Å². The summed E-state index contributed by atoms with van der Waals surface area (Å²) in [6, 6.07) is 8.45. The standard InChI is InChI=1S/C25H27N3O5/c1-16-4-2-10-26-21(16)25(32)8-11-27(12-9-25)22(29)17-6-7-19-20(14-17)24(31)28(23(19)30)15-18-5-3-13-33-18/h2,4,6-7,10,14,18,32H,3,5,8-9,11-13,15H2,1H3. The Morgan fingerprint density at radius 1 is 1.18 bits per heavy atom. The molecule has 3 amide bonds. The second-order valence-corrected chi connectivity index (χ2v) is 9.11. The highest BCUT2D eigenvalue weighted by molar-refractivity contribution is 6.22. The van der Waals surface area contributed by atoms with Gasteiger partial charge in [-0.15, -0.1) is 0 Å². The van der Waals surface area contributed by atoms with E-state index in [0.717, 1.165) is 18.4 Å². The van der Waals surface area contributed by atoms with Crippen molar-refractivity contribution in [2.24, 2.45) is 0 Å². The molecule has 172 valence electrons. The molecular formula is C25H27N3O5. The molecule has 0 bridgehead atoms. The maximum atomic E-state index is 13.2. The van der Waals surface area contributed by atoms with Gasteiger partial charge in [0.15, 0.2) is 0 Å². The number of aromatic nitrogens is 1. The second kappa shape index (κ2) is 8.35. The van der Waals surface area contributed by atoms with Crippen LogP contribution >= 0.6 is 0 Å². The maximum absolute atomic E-state index is 13.2. The van der Waals surface area contributed by atoms with Gasteiger partial charge in [0.1, 0.15) is 5.60 Å². The van der Waals surface area contributed by atoms with Crippen molar-refractivity contribution in [1.29, 1.82) is 0 Å². The van der Waals surface area contributed by atoms with Gasteiger partial charge < -0.3 is 14.7 Å². The smallest absolute Gasteiger partial charge is 0.261 e. The number of aryl methyl sites for hydroxylation is 1. The summed E-state index contributed by atoms with van der Waals surface area (Å²) in [5.41, 5.74) is 1.48. The first-order valence-corrected chi connectivity index (χ1v) is 11.4. The molecule has 0 spiro atoms. The number of carbonyl (C=O) groups is 3. The Bertz CT molecular complexity index is 1120. The molecule has 3 aliphatic rings. The van der Waals surface area contributed by atoms with Crippen LogP contribution in [0.5, 0.6) is 0 Å². The molecular weight excluding hydrogens is 422 g/mol. The van der Waals surface area contributed by atoms with Crippen molar-refractivity contribution >= 4 is 17.7 Å². The zero-order chi connectivity index (χ0) is 23.2. The van der Waals surface area contributed by atoms with Crippen LogP contribution < -0.4 is 0 Å². The first kappa shape index (κ1) is 21.7. The molecule has 2 fully saturated rings. The van der Waals surface area contributed by atoms with Crippen LogP contribution in [0.2, 0.25) is 0 Å². The number of amides is 3. The number of pyridine rings is 1. The number of hydrogen-bond donors (Lipinski definition) is 1. The fourth-order valence-corrected chi connectivity index (χ4v) is 5.05. The Morgan fingerprint density at radius 2 is 1.94 bits per heavy atom. The van der Waals surface area contributed by atoms with E-state index in [9.17, 15) is 19.5 Å². The monoisotopic (exact) mass is 449 g/mol. The van der Waals surface area contributed by atoms with Gasteiger partial charge in [-0.05, 0) is 62.4 Å². The first-order chi connectivity index (χ1) is 15.9. The Hall–Kier alpha value is -3.10. The van der Waals surface area contributed by atoms with Gasteiger partial charge in [0.2, 0.25) is 0 Å². The molecule has 1 aromatic heterocycles. The molecule has 2 saturated heterocycles. The Balaban J connectivity index is 1.29. The fraction of sp³-hybridized carbons (Fsp3) is 0.440. The van der Waals surface area contributed by atoms with Gasteiger partial charge in [0, 0.05) is 31.5 Å². The average molecular weight is 450 g/mol. The lowest BCUT2D eigenvalue weighted by atomic mass is 9.85. The van der Waals surface area contributed by atoms with Gasteiger partial charge in [0.05, 0.1) is 29.5 Å². The number of likely N-dealkylation sites (tertiary alicyclic amines) is 1. The summed E-state index contributed by atoms with van der Waals surface area (Å²) >= 11 is 0. The molecule has 1 aromatic carbocycles. The fourth-order valence-electron chi connectivity index (χ4n) is 5.05. The highest BCUT2D eigenvalue weighted by Gasteiger charge is 2.40. The number of piperidine rings is 1. The van der Waals surface area contributed by atoms with Crippen LogP contribution in [0.25, 0.3) is 0 Å². The van der Waals surface area contributed by atoms with Crippen molar-refractivity contribution < 1.29 is 24.2 Å². The molecule has 0 aliphatic carbocycles. The van der Waals surface area contributed by atoms with Crippen LogP contribution in [0.15, 0.2) is 36.5 Å². The van der Waals surface area contributed by atoms with Crippen molar-refractivity contribution in [3.63, 3.8) is 0 Å². The molecule has 1 atom stereocenters. The van der Waals surface area contributed by atoms with Crippen LogP contribution in [0.3, 0.4) is 0 Å². The van der Waals surface area contributed by atoms with Crippen molar-refractivity contribution in [3.8, 4) is 0 Å².